The van der Waals surface area contributed by atoms with E-state index in [2.05, 4.69) is 10.6 Å². The first-order valence-electron chi connectivity index (χ1n) is 9.32. The van der Waals surface area contributed by atoms with Crippen molar-refractivity contribution in [2.75, 3.05) is 13.2 Å². The number of nitrogens with one attached hydrogen (secondary N) is 2. The second kappa shape index (κ2) is 8.25. The van der Waals surface area contributed by atoms with Crippen LogP contribution in [0.25, 0.3) is 11.0 Å². The third-order valence-corrected chi connectivity index (χ3v) is 4.62. The number of amides is 2. The average molecular weight is 358 g/mol. The van der Waals surface area contributed by atoms with Crippen LogP contribution in [-0.4, -0.2) is 31.0 Å². The molecule has 0 saturated heterocycles. The van der Waals surface area contributed by atoms with E-state index in [9.17, 15) is 9.59 Å². The fourth-order valence-corrected chi connectivity index (χ4v) is 3.23. The molecule has 1 unspecified atom stereocenters. The summed E-state index contributed by atoms with van der Waals surface area (Å²) in [6.45, 7) is 4.11. The normalized spacial score (nSPS) is 14.5. The molecule has 0 fully saturated rings. The molecule has 1 aromatic heterocycles. The van der Waals surface area contributed by atoms with Gasteiger partial charge in [0.1, 0.15) is 23.1 Å². The molecular formula is C20H26N2O4. The van der Waals surface area contributed by atoms with Gasteiger partial charge in [-0.05, 0) is 50.8 Å². The lowest BCUT2D eigenvalue weighted by molar-refractivity contribution is -0.129. The van der Waals surface area contributed by atoms with Crippen LogP contribution in [0, 0.1) is 0 Å². The lowest BCUT2D eigenvalue weighted by Gasteiger charge is -2.14. The number of hydrogen-bond donors (Lipinski definition) is 2. The van der Waals surface area contributed by atoms with E-state index < -0.39 is 6.04 Å². The van der Waals surface area contributed by atoms with Crippen LogP contribution in [0.1, 0.15) is 44.4 Å². The third kappa shape index (κ3) is 4.18. The van der Waals surface area contributed by atoms with Gasteiger partial charge in [0.2, 0.25) is 5.91 Å². The van der Waals surface area contributed by atoms with E-state index in [1.165, 1.54) is 18.4 Å². The molecule has 6 heteroatoms. The van der Waals surface area contributed by atoms with Crippen LogP contribution in [0.3, 0.4) is 0 Å². The molecule has 0 saturated carbocycles. The van der Waals surface area contributed by atoms with Crippen molar-refractivity contribution < 1.29 is 18.7 Å². The summed E-state index contributed by atoms with van der Waals surface area (Å²) < 4.78 is 11.5. The summed E-state index contributed by atoms with van der Waals surface area (Å²) in [6.07, 6.45) is 5.21. The van der Waals surface area contributed by atoms with Crippen molar-refractivity contribution in [2.24, 2.45) is 0 Å². The Balaban J connectivity index is 1.57. The molecular weight excluding hydrogens is 332 g/mol. The van der Waals surface area contributed by atoms with E-state index in [-0.39, 0.29) is 18.4 Å². The Hall–Kier alpha value is -2.50. The molecule has 1 heterocycles. The van der Waals surface area contributed by atoms with Gasteiger partial charge in [0.05, 0.1) is 0 Å². The van der Waals surface area contributed by atoms with Crippen molar-refractivity contribution >= 4 is 22.8 Å². The largest absolute Gasteiger partial charge is 0.484 e. The standard InChI is InChI=1S/C20H26N2O4/c1-3-10-21-20(24)13(2)22-19(23)12-25-14-8-9-18-16(11-14)15-6-4-5-7-17(15)26-18/h8-9,11,13H,3-7,10,12H2,1-2H3,(H,21,24)(H,22,23). The maximum atomic E-state index is 12.0. The summed E-state index contributed by atoms with van der Waals surface area (Å²) in [5.74, 6) is 1.20. The number of carbonyl (C=O) groups excluding carboxylic acids is 2. The molecule has 1 aliphatic carbocycles. The topological polar surface area (TPSA) is 80.6 Å². The van der Waals surface area contributed by atoms with Gasteiger partial charge in [-0.1, -0.05) is 6.92 Å². The van der Waals surface area contributed by atoms with Crippen LogP contribution in [-0.2, 0) is 22.4 Å². The number of hydrogen-bond acceptors (Lipinski definition) is 4. The van der Waals surface area contributed by atoms with Crippen molar-refractivity contribution in [2.45, 2.75) is 52.0 Å². The first-order valence-corrected chi connectivity index (χ1v) is 9.32. The van der Waals surface area contributed by atoms with Crippen LogP contribution in [0.4, 0.5) is 0 Å². The Kier molecular flexibility index (Phi) is 5.81. The quantitative estimate of drug-likeness (QED) is 0.797. The first kappa shape index (κ1) is 18.3. The average Bonchev–Trinajstić information content (AvgIpc) is 3.02. The van der Waals surface area contributed by atoms with Gasteiger partial charge in [0, 0.05) is 23.9 Å². The Labute approximate surface area is 153 Å². The van der Waals surface area contributed by atoms with Gasteiger partial charge in [0.15, 0.2) is 6.61 Å². The lowest BCUT2D eigenvalue weighted by Crippen LogP contribution is -2.46. The molecule has 1 aromatic carbocycles. The second-order valence-corrected chi connectivity index (χ2v) is 6.74. The zero-order valence-corrected chi connectivity index (χ0v) is 15.4. The molecule has 2 aromatic rings. The molecule has 6 nitrogen and oxygen atoms in total. The molecule has 1 aliphatic rings. The minimum absolute atomic E-state index is 0.128. The van der Waals surface area contributed by atoms with Crippen molar-refractivity contribution in [3.05, 3.63) is 29.5 Å². The van der Waals surface area contributed by atoms with Gasteiger partial charge < -0.3 is 19.8 Å². The number of furan rings is 1. The van der Waals surface area contributed by atoms with E-state index in [0.717, 1.165) is 36.0 Å². The summed E-state index contributed by atoms with van der Waals surface area (Å²) in [5, 5.41) is 6.47. The fraction of sp³-hybridized carbons (Fsp3) is 0.500. The number of aryl methyl sites for hydroxylation is 2. The molecule has 1 atom stereocenters. The van der Waals surface area contributed by atoms with Crippen molar-refractivity contribution in [3.63, 3.8) is 0 Å². The van der Waals surface area contributed by atoms with E-state index in [1.54, 1.807) is 6.92 Å². The van der Waals surface area contributed by atoms with Crippen LogP contribution in [0.15, 0.2) is 22.6 Å². The Bertz CT molecular complexity index is 796. The Morgan fingerprint density at radius 3 is 2.88 bits per heavy atom. The molecule has 26 heavy (non-hydrogen) atoms. The van der Waals surface area contributed by atoms with Gasteiger partial charge in [-0.3, -0.25) is 9.59 Å². The predicted octanol–water partition coefficient (Wildman–Crippen LogP) is 2.72. The fourth-order valence-electron chi connectivity index (χ4n) is 3.23. The minimum atomic E-state index is -0.582. The minimum Gasteiger partial charge on any atom is -0.484 e. The lowest BCUT2D eigenvalue weighted by atomic mass is 9.96. The maximum Gasteiger partial charge on any atom is 0.258 e. The monoisotopic (exact) mass is 358 g/mol. The highest BCUT2D eigenvalue weighted by molar-refractivity contribution is 5.88. The Morgan fingerprint density at radius 2 is 2.08 bits per heavy atom. The second-order valence-electron chi connectivity index (χ2n) is 6.74. The van der Waals surface area contributed by atoms with Crippen LogP contribution in [0.2, 0.25) is 0 Å². The highest BCUT2D eigenvalue weighted by atomic mass is 16.5. The number of carbonyl (C=O) groups is 2. The van der Waals surface area contributed by atoms with Crippen molar-refractivity contribution in [1.29, 1.82) is 0 Å². The van der Waals surface area contributed by atoms with E-state index in [4.69, 9.17) is 9.15 Å². The molecule has 3 rings (SSSR count). The summed E-state index contributed by atoms with van der Waals surface area (Å²) in [4.78, 5) is 23.8. The molecule has 0 spiro atoms. The number of rotatable bonds is 7. The molecule has 0 aliphatic heterocycles. The van der Waals surface area contributed by atoms with Gasteiger partial charge in [0.25, 0.3) is 5.91 Å². The number of ether oxygens (including phenoxy) is 1. The number of fused-ring (bicyclic) bond motifs is 3. The smallest absolute Gasteiger partial charge is 0.258 e. The third-order valence-electron chi connectivity index (χ3n) is 4.62. The molecule has 2 N–H and O–H groups in total. The SMILES string of the molecule is CCCNC(=O)C(C)NC(=O)COc1ccc2oc3c(c2c1)CCCC3. The number of benzene rings is 1. The van der Waals surface area contributed by atoms with Crippen LogP contribution >= 0.6 is 0 Å². The van der Waals surface area contributed by atoms with E-state index >= 15 is 0 Å². The van der Waals surface area contributed by atoms with Crippen LogP contribution in [0.5, 0.6) is 5.75 Å². The first-order chi connectivity index (χ1) is 12.6. The summed E-state index contributed by atoms with van der Waals surface area (Å²) in [6, 6.07) is 5.05. The highest BCUT2D eigenvalue weighted by Crippen LogP contribution is 2.33. The molecule has 0 bridgehead atoms. The van der Waals surface area contributed by atoms with Gasteiger partial charge in [-0.25, -0.2) is 0 Å². The predicted molar refractivity (Wildman–Crippen MR) is 99.3 cm³/mol. The van der Waals surface area contributed by atoms with Crippen LogP contribution < -0.4 is 15.4 Å². The van der Waals surface area contributed by atoms with E-state index in [1.807, 2.05) is 25.1 Å². The zero-order chi connectivity index (χ0) is 18.5. The summed E-state index contributed by atoms with van der Waals surface area (Å²) >= 11 is 0. The summed E-state index contributed by atoms with van der Waals surface area (Å²) in [7, 11) is 0. The zero-order valence-electron chi connectivity index (χ0n) is 15.4. The maximum absolute atomic E-state index is 12.0. The summed E-state index contributed by atoms with van der Waals surface area (Å²) in [5.41, 5.74) is 2.14. The molecule has 2 amide bonds. The van der Waals surface area contributed by atoms with Crippen molar-refractivity contribution in [3.8, 4) is 5.75 Å². The molecule has 140 valence electrons. The Morgan fingerprint density at radius 1 is 1.27 bits per heavy atom. The highest BCUT2D eigenvalue weighted by Gasteiger charge is 2.19. The molecule has 0 radical (unpaired) electrons. The van der Waals surface area contributed by atoms with Gasteiger partial charge in [-0.15, -0.1) is 0 Å². The van der Waals surface area contributed by atoms with Gasteiger partial charge >= 0.3 is 0 Å². The van der Waals surface area contributed by atoms with E-state index in [0.29, 0.717) is 12.3 Å². The van der Waals surface area contributed by atoms with Crippen molar-refractivity contribution in [1.82, 2.24) is 10.6 Å². The van der Waals surface area contributed by atoms with Gasteiger partial charge in [-0.2, -0.15) is 0 Å².